The second-order valence-electron chi connectivity index (χ2n) is 6.77. The molecule has 2 saturated carbocycles. The quantitative estimate of drug-likeness (QED) is 0.786. The molecule has 0 bridgehead atoms. The normalized spacial score (nSPS) is 33.7. The lowest BCUT2D eigenvalue weighted by Crippen LogP contribution is -2.47. The van der Waals surface area contributed by atoms with Crippen LogP contribution in [0, 0.1) is 17.8 Å². The minimum atomic E-state index is 0.753. The lowest BCUT2D eigenvalue weighted by atomic mass is 9.75. The highest BCUT2D eigenvalue weighted by Crippen LogP contribution is 2.35. The maximum Gasteiger partial charge on any atom is 0.0135 e. The Morgan fingerprint density at radius 3 is 2.44 bits per heavy atom. The largest absolute Gasteiger partial charge is 0.330 e. The maximum atomic E-state index is 6.00. The molecule has 3 atom stereocenters. The van der Waals surface area contributed by atoms with Crippen LogP contribution in [-0.2, 0) is 0 Å². The van der Waals surface area contributed by atoms with Crippen molar-refractivity contribution < 1.29 is 0 Å². The van der Waals surface area contributed by atoms with Crippen LogP contribution < -0.4 is 5.73 Å². The summed E-state index contributed by atoms with van der Waals surface area (Å²) < 4.78 is 0. The van der Waals surface area contributed by atoms with Crippen LogP contribution in [-0.4, -0.2) is 31.1 Å². The van der Waals surface area contributed by atoms with Crippen molar-refractivity contribution in [1.82, 2.24) is 4.90 Å². The van der Waals surface area contributed by atoms with Gasteiger partial charge in [-0.25, -0.2) is 0 Å². The van der Waals surface area contributed by atoms with Crippen molar-refractivity contribution in [2.24, 2.45) is 23.5 Å². The van der Waals surface area contributed by atoms with Crippen molar-refractivity contribution in [2.75, 3.05) is 20.1 Å². The van der Waals surface area contributed by atoms with Crippen LogP contribution in [0.5, 0.6) is 0 Å². The molecule has 0 aromatic heterocycles. The molecule has 0 amide bonds. The van der Waals surface area contributed by atoms with E-state index in [9.17, 15) is 0 Å². The Kier molecular flexibility index (Phi) is 5.50. The summed E-state index contributed by atoms with van der Waals surface area (Å²) in [5.41, 5.74) is 6.00. The maximum absolute atomic E-state index is 6.00. The standard InChI is InChI=1S/C16H32N2/c1-3-5-13-8-9-15(11-17)16(10-13)18(2)12-14-6-4-7-14/h13-16H,3-12,17H2,1-2H3. The highest BCUT2D eigenvalue weighted by atomic mass is 15.1. The van der Waals surface area contributed by atoms with E-state index in [-0.39, 0.29) is 0 Å². The van der Waals surface area contributed by atoms with E-state index in [1.54, 1.807) is 0 Å². The van der Waals surface area contributed by atoms with E-state index >= 15 is 0 Å². The third-order valence-corrected chi connectivity index (χ3v) is 5.40. The monoisotopic (exact) mass is 252 g/mol. The Hall–Kier alpha value is -0.0800. The highest BCUT2D eigenvalue weighted by molar-refractivity contribution is 4.87. The Balaban J connectivity index is 1.87. The zero-order valence-corrected chi connectivity index (χ0v) is 12.4. The molecule has 0 aromatic carbocycles. The van der Waals surface area contributed by atoms with E-state index in [1.807, 2.05) is 0 Å². The summed E-state index contributed by atoms with van der Waals surface area (Å²) in [6.45, 7) is 4.53. The molecular weight excluding hydrogens is 220 g/mol. The van der Waals surface area contributed by atoms with E-state index in [1.165, 1.54) is 57.9 Å². The minimum absolute atomic E-state index is 0.753. The van der Waals surface area contributed by atoms with Gasteiger partial charge in [0.25, 0.3) is 0 Å². The van der Waals surface area contributed by atoms with Gasteiger partial charge in [0.1, 0.15) is 0 Å². The Labute approximate surface area is 113 Å². The Bertz CT molecular complexity index is 237. The van der Waals surface area contributed by atoms with Crippen LogP contribution in [0.3, 0.4) is 0 Å². The summed E-state index contributed by atoms with van der Waals surface area (Å²) in [5.74, 6) is 2.70. The molecule has 2 aliphatic rings. The average molecular weight is 252 g/mol. The fourth-order valence-electron chi connectivity index (χ4n) is 4.00. The van der Waals surface area contributed by atoms with Crippen LogP contribution in [0.1, 0.15) is 58.3 Å². The molecule has 0 spiro atoms. The van der Waals surface area contributed by atoms with Gasteiger partial charge in [0.15, 0.2) is 0 Å². The summed E-state index contributed by atoms with van der Waals surface area (Å²) >= 11 is 0. The molecule has 106 valence electrons. The second-order valence-corrected chi connectivity index (χ2v) is 6.77. The smallest absolute Gasteiger partial charge is 0.0135 e. The molecule has 2 rings (SSSR count). The number of hydrogen-bond donors (Lipinski definition) is 1. The summed E-state index contributed by atoms with van der Waals surface area (Å²) in [6.07, 6.45) is 11.3. The van der Waals surface area contributed by atoms with Crippen molar-refractivity contribution >= 4 is 0 Å². The van der Waals surface area contributed by atoms with E-state index in [0.29, 0.717) is 0 Å². The first-order valence-electron chi connectivity index (χ1n) is 8.14. The van der Waals surface area contributed by atoms with Gasteiger partial charge in [-0.15, -0.1) is 0 Å². The van der Waals surface area contributed by atoms with Crippen LogP contribution in [0.15, 0.2) is 0 Å². The topological polar surface area (TPSA) is 29.3 Å². The molecule has 0 heterocycles. The minimum Gasteiger partial charge on any atom is -0.330 e. The van der Waals surface area contributed by atoms with Gasteiger partial charge in [-0.2, -0.15) is 0 Å². The van der Waals surface area contributed by atoms with Crippen LogP contribution in [0.25, 0.3) is 0 Å². The van der Waals surface area contributed by atoms with Crippen LogP contribution >= 0.6 is 0 Å². The van der Waals surface area contributed by atoms with E-state index in [4.69, 9.17) is 5.73 Å². The molecule has 2 aliphatic carbocycles. The number of nitrogens with zero attached hydrogens (tertiary/aromatic N) is 1. The first-order valence-corrected chi connectivity index (χ1v) is 8.14. The zero-order valence-electron chi connectivity index (χ0n) is 12.4. The fraction of sp³-hybridized carbons (Fsp3) is 1.00. The van der Waals surface area contributed by atoms with E-state index in [2.05, 4.69) is 18.9 Å². The van der Waals surface area contributed by atoms with Gasteiger partial charge in [-0.1, -0.05) is 32.6 Å². The number of nitrogens with two attached hydrogens (primary N) is 1. The first-order chi connectivity index (χ1) is 8.74. The third kappa shape index (κ3) is 3.48. The first kappa shape index (κ1) is 14.3. The predicted octanol–water partition coefficient (Wildman–Crippen LogP) is 3.26. The van der Waals surface area contributed by atoms with Gasteiger partial charge in [0.05, 0.1) is 0 Å². The Morgan fingerprint density at radius 1 is 1.11 bits per heavy atom. The highest BCUT2D eigenvalue weighted by Gasteiger charge is 2.33. The molecule has 2 fully saturated rings. The lowest BCUT2D eigenvalue weighted by molar-refractivity contribution is 0.0739. The molecule has 18 heavy (non-hydrogen) atoms. The number of hydrogen-bond acceptors (Lipinski definition) is 2. The van der Waals surface area contributed by atoms with Crippen LogP contribution in [0.4, 0.5) is 0 Å². The van der Waals surface area contributed by atoms with Gasteiger partial charge in [-0.05, 0) is 57.0 Å². The molecule has 0 saturated heterocycles. The van der Waals surface area contributed by atoms with Crippen molar-refractivity contribution in [1.29, 1.82) is 0 Å². The summed E-state index contributed by atoms with van der Waals surface area (Å²) in [7, 11) is 2.35. The molecule has 0 radical (unpaired) electrons. The van der Waals surface area contributed by atoms with Crippen molar-refractivity contribution in [2.45, 2.75) is 64.3 Å². The van der Waals surface area contributed by atoms with E-state index < -0.39 is 0 Å². The molecular formula is C16H32N2. The summed E-state index contributed by atoms with van der Waals surface area (Å²) in [4.78, 5) is 2.66. The molecule has 3 unspecified atom stereocenters. The van der Waals surface area contributed by atoms with Gasteiger partial charge < -0.3 is 10.6 Å². The van der Waals surface area contributed by atoms with Gasteiger partial charge in [0.2, 0.25) is 0 Å². The zero-order chi connectivity index (χ0) is 13.0. The molecule has 2 heteroatoms. The van der Waals surface area contributed by atoms with E-state index in [0.717, 1.165) is 30.3 Å². The second kappa shape index (κ2) is 6.91. The number of rotatable bonds is 6. The third-order valence-electron chi connectivity index (χ3n) is 5.40. The Morgan fingerprint density at radius 2 is 1.89 bits per heavy atom. The predicted molar refractivity (Wildman–Crippen MR) is 78.6 cm³/mol. The molecule has 2 nitrogen and oxygen atoms in total. The van der Waals surface area contributed by atoms with Gasteiger partial charge in [0, 0.05) is 12.6 Å². The lowest BCUT2D eigenvalue weighted by Gasteiger charge is -2.43. The molecule has 0 aliphatic heterocycles. The summed E-state index contributed by atoms with van der Waals surface area (Å²) in [5, 5.41) is 0. The van der Waals surface area contributed by atoms with Crippen molar-refractivity contribution in [3.63, 3.8) is 0 Å². The SMILES string of the molecule is CCCC1CCC(CN)C(N(C)CC2CCC2)C1. The van der Waals surface area contributed by atoms with Crippen LogP contribution in [0.2, 0.25) is 0 Å². The van der Waals surface area contributed by atoms with Crippen molar-refractivity contribution in [3.05, 3.63) is 0 Å². The van der Waals surface area contributed by atoms with Crippen molar-refractivity contribution in [3.8, 4) is 0 Å². The average Bonchev–Trinajstić information content (AvgIpc) is 2.34. The summed E-state index contributed by atoms with van der Waals surface area (Å²) in [6, 6.07) is 0.765. The molecule has 2 N–H and O–H groups in total. The fourth-order valence-corrected chi connectivity index (χ4v) is 4.00. The van der Waals surface area contributed by atoms with Gasteiger partial charge >= 0.3 is 0 Å². The molecule has 0 aromatic rings. The van der Waals surface area contributed by atoms with Gasteiger partial charge in [-0.3, -0.25) is 0 Å².